The van der Waals surface area contributed by atoms with Gasteiger partial charge in [-0.25, -0.2) is 14.4 Å². The number of ether oxygens (including phenoxy) is 3. The van der Waals surface area contributed by atoms with E-state index in [4.69, 9.17) is 14.2 Å². The van der Waals surface area contributed by atoms with Gasteiger partial charge in [-0.2, -0.15) is 9.50 Å². The molecule has 1 unspecified atom stereocenters. The number of nitrogens with zero attached hydrogens (tertiary/aromatic N) is 7. The Morgan fingerprint density at radius 1 is 0.882 bits per heavy atom. The summed E-state index contributed by atoms with van der Waals surface area (Å²) in [7, 11) is 0. The summed E-state index contributed by atoms with van der Waals surface area (Å²) < 4.78 is 17.5. The molecule has 286 valence electrons. The lowest BCUT2D eigenvalue weighted by Crippen LogP contribution is -2.61. The quantitative estimate of drug-likeness (QED) is 0.243. The summed E-state index contributed by atoms with van der Waals surface area (Å²) in [6, 6.07) is -1.08. The molecule has 0 spiro atoms. The summed E-state index contributed by atoms with van der Waals surface area (Å²) in [4.78, 5) is 76.6. The molecule has 3 atom stereocenters. The van der Waals surface area contributed by atoms with E-state index in [0.29, 0.717) is 61.9 Å². The van der Waals surface area contributed by atoms with Crippen LogP contribution in [-0.2, 0) is 30.2 Å². The molecule has 0 bridgehead atoms. The van der Waals surface area contributed by atoms with E-state index in [1.807, 2.05) is 72.1 Å². The van der Waals surface area contributed by atoms with Gasteiger partial charge in [-0.1, -0.05) is 13.8 Å². The van der Waals surface area contributed by atoms with Crippen molar-refractivity contribution < 1.29 is 33.4 Å². The number of aryl methyl sites for hydroxylation is 1. The Kier molecular flexibility index (Phi) is 14.1. The lowest BCUT2D eigenvalue weighted by atomic mass is 10.0. The lowest BCUT2D eigenvalue weighted by molar-refractivity contribution is -0.155. The third-order valence-electron chi connectivity index (χ3n) is 8.27. The van der Waals surface area contributed by atoms with Crippen LogP contribution in [0.2, 0.25) is 0 Å². The highest BCUT2D eigenvalue weighted by molar-refractivity contribution is 9.10. The number of ketones is 1. The molecular weight excluding hydrogens is 728 g/mol. The van der Waals surface area contributed by atoms with Crippen LogP contribution in [0.1, 0.15) is 88.3 Å². The van der Waals surface area contributed by atoms with Crippen molar-refractivity contribution in [2.75, 3.05) is 50.8 Å². The third-order valence-corrected chi connectivity index (χ3v) is 8.61. The number of aromatic nitrogens is 4. The summed E-state index contributed by atoms with van der Waals surface area (Å²) in [6.45, 7) is 23.3. The largest absolute Gasteiger partial charge is 0.464 e. The Balaban J connectivity index is 0.000000278. The second-order valence-electron chi connectivity index (χ2n) is 14.7. The number of carbonyl (C=O) groups is 4. The fourth-order valence-electron chi connectivity index (χ4n) is 5.98. The summed E-state index contributed by atoms with van der Waals surface area (Å²) >= 11 is 3.21. The van der Waals surface area contributed by atoms with Crippen LogP contribution in [0.25, 0.3) is 5.78 Å². The second kappa shape index (κ2) is 17.2. The molecule has 16 nitrogen and oxygen atoms in total. The minimum Gasteiger partial charge on any atom is -0.464 e. The van der Waals surface area contributed by atoms with Gasteiger partial charge in [-0.05, 0) is 84.7 Å². The van der Waals surface area contributed by atoms with E-state index in [0.717, 1.165) is 5.69 Å². The SMILES string of the molecule is CCOC(=O)C(C(=O)CC)N1CCN(C(=O)OC(C)(C)C)C[C@@H]1C.CCc1[nH]c2nc(Br)nn2c(=O)c1N1CCN(C(=O)OC(C)(C)C)C[C@@H]1C. The number of Topliss-reactive ketones (excluding diaryl/α,β-unsaturated/α-hetero) is 1. The number of H-pyrrole nitrogens is 1. The van der Waals surface area contributed by atoms with Gasteiger partial charge in [-0.3, -0.25) is 14.5 Å². The van der Waals surface area contributed by atoms with E-state index in [9.17, 15) is 24.0 Å². The van der Waals surface area contributed by atoms with E-state index < -0.39 is 23.2 Å². The van der Waals surface area contributed by atoms with Gasteiger partial charge in [0.05, 0.1) is 6.61 Å². The molecule has 2 aromatic rings. The van der Waals surface area contributed by atoms with Gasteiger partial charge >= 0.3 is 18.2 Å². The molecule has 2 aliphatic heterocycles. The predicted octanol–water partition coefficient (Wildman–Crippen LogP) is 4.03. The summed E-state index contributed by atoms with van der Waals surface area (Å²) in [5.74, 6) is -0.263. The first-order valence-electron chi connectivity index (χ1n) is 17.6. The smallest absolute Gasteiger partial charge is 0.410 e. The highest BCUT2D eigenvalue weighted by atomic mass is 79.9. The molecule has 0 saturated carbocycles. The zero-order valence-electron chi connectivity index (χ0n) is 31.9. The summed E-state index contributed by atoms with van der Waals surface area (Å²) in [5.41, 5.74) is 0.0959. The van der Waals surface area contributed by atoms with Gasteiger partial charge in [0, 0.05) is 63.5 Å². The van der Waals surface area contributed by atoms with Gasteiger partial charge in [0.1, 0.15) is 16.9 Å². The molecule has 2 saturated heterocycles. The summed E-state index contributed by atoms with van der Waals surface area (Å²) in [6.07, 6.45) is 0.227. The van der Waals surface area contributed by atoms with Crippen molar-refractivity contribution in [1.29, 1.82) is 0 Å². The average molecular weight is 784 g/mol. The molecule has 17 heteroatoms. The number of amides is 2. The van der Waals surface area contributed by atoms with Crippen LogP contribution in [0.15, 0.2) is 9.53 Å². The molecule has 0 radical (unpaired) electrons. The number of fused-ring (bicyclic) bond motifs is 1. The van der Waals surface area contributed by atoms with Crippen LogP contribution in [-0.4, -0.2) is 133 Å². The number of aromatic amines is 1. The number of nitrogens with one attached hydrogen (secondary N) is 1. The standard InChI is InChI=1S/C17H25BrN6O3.C17H30N2O5/c1-6-11-12(13(25)24-15(19-11)20-14(18)21-24)23-8-7-22(9-10(23)2)16(26)27-17(3,4)5;1-7-13(20)14(15(21)23-8-2)19-10-9-18(11-12(19)3)16(22)24-17(4,5)6/h10H,6-9H2,1-5H3,(H,19,20,21);12,14H,7-11H2,1-6H3/t10-;12-,14?/m00/s1. The van der Waals surface area contributed by atoms with E-state index in [-0.39, 0.29) is 48.6 Å². The first kappa shape index (κ1) is 41.7. The fourth-order valence-corrected chi connectivity index (χ4v) is 6.31. The van der Waals surface area contributed by atoms with Crippen LogP contribution < -0.4 is 10.5 Å². The van der Waals surface area contributed by atoms with Gasteiger partial charge < -0.3 is 33.9 Å². The molecule has 4 rings (SSSR count). The van der Waals surface area contributed by atoms with Crippen molar-refractivity contribution in [2.45, 2.75) is 118 Å². The van der Waals surface area contributed by atoms with Crippen molar-refractivity contribution in [3.05, 3.63) is 20.8 Å². The molecule has 4 heterocycles. The zero-order chi connectivity index (χ0) is 38.4. The Bertz CT molecular complexity index is 1610. The van der Waals surface area contributed by atoms with Gasteiger partial charge in [-0.15, -0.1) is 5.10 Å². The number of piperazine rings is 2. The van der Waals surface area contributed by atoms with Gasteiger partial charge in [0.2, 0.25) is 10.5 Å². The van der Waals surface area contributed by atoms with Crippen molar-refractivity contribution in [3.8, 4) is 0 Å². The van der Waals surface area contributed by atoms with Crippen molar-refractivity contribution >= 4 is 51.3 Å². The van der Waals surface area contributed by atoms with E-state index in [1.165, 1.54) is 4.52 Å². The first-order valence-corrected chi connectivity index (χ1v) is 18.3. The number of halogens is 1. The van der Waals surface area contributed by atoms with Crippen molar-refractivity contribution in [2.24, 2.45) is 0 Å². The Labute approximate surface area is 308 Å². The maximum Gasteiger partial charge on any atom is 0.410 e. The topological polar surface area (TPSA) is 172 Å². The molecule has 2 amide bonds. The molecule has 0 aromatic carbocycles. The van der Waals surface area contributed by atoms with Crippen LogP contribution in [0.5, 0.6) is 0 Å². The number of hydrogen-bond acceptors (Lipinski definition) is 12. The van der Waals surface area contributed by atoms with Crippen LogP contribution >= 0.6 is 15.9 Å². The molecular formula is C34H55BrN8O8. The molecule has 51 heavy (non-hydrogen) atoms. The van der Waals surface area contributed by atoms with Crippen LogP contribution in [0.4, 0.5) is 15.3 Å². The van der Waals surface area contributed by atoms with Crippen molar-refractivity contribution in [3.63, 3.8) is 0 Å². The number of rotatable bonds is 7. The number of esters is 1. The molecule has 1 N–H and O–H groups in total. The lowest BCUT2D eigenvalue weighted by Gasteiger charge is -2.42. The minimum atomic E-state index is -0.897. The second-order valence-corrected chi connectivity index (χ2v) is 15.4. The Morgan fingerprint density at radius 3 is 1.90 bits per heavy atom. The highest BCUT2D eigenvalue weighted by Gasteiger charge is 2.40. The van der Waals surface area contributed by atoms with Crippen molar-refractivity contribution in [1.82, 2.24) is 34.3 Å². The Hall–Kier alpha value is -3.73. The average Bonchev–Trinajstić information content (AvgIpc) is 3.41. The number of hydrogen-bond donors (Lipinski definition) is 1. The molecule has 0 aliphatic carbocycles. The number of anilines is 1. The van der Waals surface area contributed by atoms with Crippen LogP contribution in [0, 0.1) is 0 Å². The van der Waals surface area contributed by atoms with E-state index in [2.05, 4.69) is 31.0 Å². The highest BCUT2D eigenvalue weighted by Crippen LogP contribution is 2.23. The molecule has 2 aliphatic rings. The third kappa shape index (κ3) is 10.9. The maximum atomic E-state index is 13.0. The number of carbonyl (C=O) groups excluding carboxylic acids is 4. The Morgan fingerprint density at radius 2 is 1.43 bits per heavy atom. The first-order chi connectivity index (χ1) is 23.7. The minimum absolute atomic E-state index is 0.0397. The van der Waals surface area contributed by atoms with E-state index >= 15 is 0 Å². The molecule has 2 fully saturated rings. The van der Waals surface area contributed by atoms with E-state index in [1.54, 1.807) is 23.6 Å². The monoisotopic (exact) mass is 782 g/mol. The zero-order valence-corrected chi connectivity index (χ0v) is 33.5. The fraction of sp³-hybridized carbons (Fsp3) is 0.735. The normalized spacial score (nSPS) is 19.3. The predicted molar refractivity (Wildman–Crippen MR) is 195 cm³/mol. The van der Waals surface area contributed by atoms with Gasteiger partial charge in [0.25, 0.3) is 5.56 Å². The maximum absolute atomic E-state index is 13.0. The summed E-state index contributed by atoms with van der Waals surface area (Å²) in [5, 5.41) is 4.12. The molecule has 2 aromatic heterocycles. The van der Waals surface area contributed by atoms with Crippen LogP contribution in [0.3, 0.4) is 0 Å². The van der Waals surface area contributed by atoms with Gasteiger partial charge in [0.15, 0.2) is 11.8 Å².